The first-order valence-corrected chi connectivity index (χ1v) is 8.23. The number of hydrogen-bond acceptors (Lipinski definition) is 4. The van der Waals surface area contributed by atoms with Crippen molar-refractivity contribution in [1.82, 2.24) is 15.1 Å². The summed E-state index contributed by atoms with van der Waals surface area (Å²) in [7, 11) is 0. The molecule has 1 aliphatic heterocycles. The molecule has 0 bridgehead atoms. The van der Waals surface area contributed by atoms with Crippen LogP contribution in [0.2, 0.25) is 0 Å². The quantitative estimate of drug-likeness (QED) is 0.722. The second kappa shape index (κ2) is 6.47. The summed E-state index contributed by atoms with van der Waals surface area (Å²) in [6.45, 7) is 2.62. The minimum atomic E-state index is -0.243. The number of rotatable bonds is 2. The van der Waals surface area contributed by atoms with Crippen LogP contribution >= 0.6 is 0 Å². The van der Waals surface area contributed by atoms with E-state index in [1.807, 2.05) is 24.3 Å². The van der Waals surface area contributed by atoms with Crippen LogP contribution in [0, 0.1) is 5.82 Å². The van der Waals surface area contributed by atoms with Crippen LogP contribution in [0.15, 0.2) is 54.6 Å². The molecule has 5 nitrogen and oxygen atoms in total. The van der Waals surface area contributed by atoms with Gasteiger partial charge in [-0.25, -0.2) is 4.39 Å². The highest BCUT2D eigenvalue weighted by Crippen LogP contribution is 2.18. The summed E-state index contributed by atoms with van der Waals surface area (Å²) in [4.78, 5) is 16.6. The maximum Gasteiger partial charge on any atom is 0.274 e. The monoisotopic (exact) mass is 336 g/mol. The maximum atomic E-state index is 13.0. The molecule has 1 amide bonds. The zero-order chi connectivity index (χ0) is 17.2. The average Bonchev–Trinajstić information content (AvgIpc) is 2.68. The molecule has 1 saturated heterocycles. The summed E-state index contributed by atoms with van der Waals surface area (Å²) in [5.41, 5.74) is 2.12. The standard InChI is InChI=1S/C19H17FN4O/c20-15-5-7-16(8-6-15)23-9-11-24(12-10-23)19(25)18-13-14-3-1-2-4-17(14)21-22-18/h1-8,13H,9-12H2. The Morgan fingerprint density at radius 3 is 2.40 bits per heavy atom. The molecular weight excluding hydrogens is 319 g/mol. The first kappa shape index (κ1) is 15.5. The fraction of sp³-hybridized carbons (Fsp3) is 0.211. The molecule has 0 spiro atoms. The van der Waals surface area contributed by atoms with Crippen molar-refractivity contribution in [3.05, 3.63) is 66.1 Å². The lowest BCUT2D eigenvalue weighted by molar-refractivity contribution is 0.0740. The van der Waals surface area contributed by atoms with Gasteiger partial charge < -0.3 is 9.80 Å². The van der Waals surface area contributed by atoms with Crippen molar-refractivity contribution in [2.45, 2.75) is 0 Å². The molecule has 1 aliphatic rings. The molecule has 4 rings (SSSR count). The number of aromatic nitrogens is 2. The number of fused-ring (bicyclic) bond motifs is 1. The molecule has 1 fully saturated rings. The second-order valence-electron chi connectivity index (χ2n) is 6.04. The molecule has 0 radical (unpaired) electrons. The molecular formula is C19H17FN4O. The van der Waals surface area contributed by atoms with Crippen LogP contribution in [-0.2, 0) is 0 Å². The number of piperazine rings is 1. The summed E-state index contributed by atoms with van der Waals surface area (Å²) >= 11 is 0. The summed E-state index contributed by atoms with van der Waals surface area (Å²) in [5, 5.41) is 9.10. The lowest BCUT2D eigenvalue weighted by atomic mass is 10.2. The summed E-state index contributed by atoms with van der Waals surface area (Å²) in [6.07, 6.45) is 0. The van der Waals surface area contributed by atoms with E-state index in [1.165, 1.54) is 12.1 Å². The third kappa shape index (κ3) is 3.15. The van der Waals surface area contributed by atoms with Gasteiger partial charge in [0.2, 0.25) is 0 Å². The van der Waals surface area contributed by atoms with Gasteiger partial charge in [-0.1, -0.05) is 18.2 Å². The van der Waals surface area contributed by atoms with Crippen LogP contribution < -0.4 is 4.90 Å². The Labute approximate surface area is 144 Å². The Morgan fingerprint density at radius 1 is 0.920 bits per heavy atom. The van der Waals surface area contributed by atoms with E-state index in [0.717, 1.165) is 16.6 Å². The third-order valence-corrected chi connectivity index (χ3v) is 4.47. The van der Waals surface area contributed by atoms with E-state index in [0.29, 0.717) is 31.9 Å². The van der Waals surface area contributed by atoms with E-state index in [-0.39, 0.29) is 11.7 Å². The topological polar surface area (TPSA) is 49.3 Å². The van der Waals surface area contributed by atoms with Gasteiger partial charge in [0, 0.05) is 37.3 Å². The molecule has 0 aliphatic carbocycles. The first-order chi connectivity index (χ1) is 12.2. The maximum absolute atomic E-state index is 13.0. The summed E-state index contributed by atoms with van der Waals surface area (Å²) in [5.74, 6) is -0.343. The molecule has 0 N–H and O–H groups in total. The molecule has 3 aromatic rings. The van der Waals surface area contributed by atoms with E-state index in [2.05, 4.69) is 15.1 Å². The van der Waals surface area contributed by atoms with Crippen molar-refractivity contribution in [1.29, 1.82) is 0 Å². The van der Waals surface area contributed by atoms with Gasteiger partial charge in [-0.15, -0.1) is 10.2 Å². The number of nitrogens with zero attached hydrogens (tertiary/aromatic N) is 4. The Hall–Kier alpha value is -3.02. The van der Waals surface area contributed by atoms with Crippen molar-refractivity contribution >= 4 is 22.5 Å². The molecule has 2 aromatic carbocycles. The fourth-order valence-corrected chi connectivity index (χ4v) is 3.07. The molecule has 1 aromatic heterocycles. The Balaban J connectivity index is 1.46. The molecule has 2 heterocycles. The van der Waals surface area contributed by atoms with E-state index in [1.54, 1.807) is 23.1 Å². The summed E-state index contributed by atoms with van der Waals surface area (Å²) < 4.78 is 13.0. The average molecular weight is 336 g/mol. The number of benzene rings is 2. The number of carbonyl (C=O) groups is 1. The highest BCUT2D eigenvalue weighted by Gasteiger charge is 2.23. The molecule has 25 heavy (non-hydrogen) atoms. The normalized spacial score (nSPS) is 14.8. The highest BCUT2D eigenvalue weighted by atomic mass is 19.1. The zero-order valence-electron chi connectivity index (χ0n) is 13.6. The highest BCUT2D eigenvalue weighted by molar-refractivity contribution is 5.95. The van der Waals surface area contributed by atoms with Crippen LogP contribution in [0.25, 0.3) is 10.9 Å². The van der Waals surface area contributed by atoms with Gasteiger partial charge in [0.15, 0.2) is 5.69 Å². The number of hydrogen-bond donors (Lipinski definition) is 0. The second-order valence-corrected chi connectivity index (χ2v) is 6.04. The Bertz CT molecular complexity index is 905. The fourth-order valence-electron chi connectivity index (χ4n) is 3.07. The molecule has 0 atom stereocenters. The van der Waals surface area contributed by atoms with E-state index < -0.39 is 0 Å². The van der Waals surface area contributed by atoms with Gasteiger partial charge in [-0.3, -0.25) is 4.79 Å². The SMILES string of the molecule is O=C(c1cc2ccccc2nn1)N1CCN(c2ccc(F)cc2)CC1. The smallest absolute Gasteiger partial charge is 0.274 e. The van der Waals surface area contributed by atoms with Gasteiger partial charge in [0.1, 0.15) is 5.82 Å². The van der Waals surface area contributed by atoms with Crippen LogP contribution in [0.3, 0.4) is 0 Å². The van der Waals surface area contributed by atoms with Crippen molar-refractivity contribution in [3.8, 4) is 0 Å². The molecule has 0 unspecified atom stereocenters. The van der Waals surface area contributed by atoms with Crippen LogP contribution in [0.1, 0.15) is 10.5 Å². The minimum Gasteiger partial charge on any atom is -0.368 e. The van der Waals surface area contributed by atoms with Gasteiger partial charge in [0.05, 0.1) is 5.52 Å². The van der Waals surface area contributed by atoms with Crippen LogP contribution in [0.4, 0.5) is 10.1 Å². The van der Waals surface area contributed by atoms with E-state index in [4.69, 9.17) is 0 Å². The van der Waals surface area contributed by atoms with Gasteiger partial charge in [-0.05, 0) is 36.4 Å². The van der Waals surface area contributed by atoms with Gasteiger partial charge in [-0.2, -0.15) is 0 Å². The van der Waals surface area contributed by atoms with E-state index in [9.17, 15) is 9.18 Å². The van der Waals surface area contributed by atoms with Crippen molar-refractivity contribution in [2.24, 2.45) is 0 Å². The van der Waals surface area contributed by atoms with E-state index >= 15 is 0 Å². The lowest BCUT2D eigenvalue weighted by Gasteiger charge is -2.35. The van der Waals surface area contributed by atoms with Crippen molar-refractivity contribution in [2.75, 3.05) is 31.1 Å². The number of anilines is 1. The summed E-state index contributed by atoms with van der Waals surface area (Å²) in [6, 6.07) is 15.8. The predicted octanol–water partition coefficient (Wildman–Crippen LogP) is 2.73. The predicted molar refractivity (Wildman–Crippen MR) is 94.1 cm³/mol. The van der Waals surface area contributed by atoms with Crippen LogP contribution in [-0.4, -0.2) is 47.2 Å². The third-order valence-electron chi connectivity index (χ3n) is 4.47. The van der Waals surface area contributed by atoms with Crippen LogP contribution in [0.5, 0.6) is 0 Å². The van der Waals surface area contributed by atoms with Crippen molar-refractivity contribution in [3.63, 3.8) is 0 Å². The number of halogens is 1. The zero-order valence-corrected chi connectivity index (χ0v) is 13.6. The molecule has 126 valence electrons. The van der Waals surface area contributed by atoms with Crippen molar-refractivity contribution < 1.29 is 9.18 Å². The van der Waals surface area contributed by atoms with Gasteiger partial charge >= 0.3 is 0 Å². The number of amides is 1. The molecule has 6 heteroatoms. The number of carbonyl (C=O) groups excluding carboxylic acids is 1. The minimum absolute atomic E-state index is 0.1000. The largest absolute Gasteiger partial charge is 0.368 e. The molecule has 0 saturated carbocycles. The Kier molecular flexibility index (Phi) is 4.01. The van der Waals surface area contributed by atoms with Gasteiger partial charge in [0.25, 0.3) is 5.91 Å². The Morgan fingerprint density at radius 2 is 1.64 bits per heavy atom. The first-order valence-electron chi connectivity index (χ1n) is 8.23. The lowest BCUT2D eigenvalue weighted by Crippen LogP contribution is -2.49.